The Morgan fingerprint density at radius 2 is 2.12 bits per heavy atom. The van der Waals surface area contributed by atoms with Crippen molar-refractivity contribution in [2.24, 2.45) is 0 Å². The van der Waals surface area contributed by atoms with Crippen LogP contribution in [0.3, 0.4) is 0 Å². The van der Waals surface area contributed by atoms with Crippen molar-refractivity contribution < 1.29 is 4.74 Å². The number of hydrogen-bond donors (Lipinski definition) is 1. The average Bonchev–Trinajstić information content (AvgIpc) is 2.33. The van der Waals surface area contributed by atoms with Gasteiger partial charge < -0.3 is 14.6 Å². The van der Waals surface area contributed by atoms with Crippen molar-refractivity contribution in [1.82, 2.24) is 14.5 Å². The molecule has 1 aromatic heterocycles. The quantitative estimate of drug-likeness (QED) is 0.639. The first-order chi connectivity index (χ1) is 8.20. The molecule has 0 saturated carbocycles. The van der Waals surface area contributed by atoms with E-state index in [1.165, 1.54) is 21.4 Å². The van der Waals surface area contributed by atoms with Crippen LogP contribution >= 0.6 is 0 Å². The highest BCUT2D eigenvalue weighted by Crippen LogP contribution is 1.78. The van der Waals surface area contributed by atoms with Crippen LogP contribution in [0.5, 0.6) is 0 Å². The van der Waals surface area contributed by atoms with Crippen LogP contribution in [0, 0.1) is 0 Å². The van der Waals surface area contributed by atoms with Gasteiger partial charge in [-0.15, -0.1) is 0 Å². The van der Waals surface area contributed by atoms with Crippen LogP contribution in [-0.2, 0) is 17.8 Å². The molecule has 1 rings (SSSR count). The smallest absolute Gasteiger partial charge is 0.330 e. The van der Waals surface area contributed by atoms with Crippen LogP contribution in [0.2, 0.25) is 0 Å². The van der Waals surface area contributed by atoms with Crippen LogP contribution in [0.15, 0.2) is 21.9 Å². The highest BCUT2D eigenvalue weighted by atomic mass is 16.5. The molecule has 6 heteroatoms. The predicted octanol–water partition coefficient (Wildman–Crippen LogP) is -0.734. The van der Waals surface area contributed by atoms with E-state index in [1.807, 2.05) is 6.92 Å². The lowest BCUT2D eigenvalue weighted by Crippen LogP contribution is -2.41. The van der Waals surface area contributed by atoms with Gasteiger partial charge in [-0.2, -0.15) is 0 Å². The monoisotopic (exact) mass is 241 g/mol. The molecule has 0 saturated heterocycles. The molecule has 0 unspecified atom stereocenters. The van der Waals surface area contributed by atoms with Gasteiger partial charge in [-0.1, -0.05) is 0 Å². The highest BCUT2D eigenvalue weighted by Gasteiger charge is 2.02. The first-order valence-electron chi connectivity index (χ1n) is 5.70. The van der Waals surface area contributed by atoms with E-state index in [1.54, 1.807) is 7.11 Å². The molecule has 0 radical (unpaired) electrons. The van der Waals surface area contributed by atoms with Crippen molar-refractivity contribution >= 4 is 0 Å². The van der Waals surface area contributed by atoms with E-state index in [2.05, 4.69) is 5.32 Å². The molecule has 0 aliphatic heterocycles. The number of rotatable bonds is 7. The summed E-state index contributed by atoms with van der Waals surface area (Å²) in [5.74, 6) is 0. The second-order valence-electron chi connectivity index (χ2n) is 3.62. The minimum absolute atomic E-state index is 0.256. The summed E-state index contributed by atoms with van der Waals surface area (Å²) >= 11 is 0. The summed E-state index contributed by atoms with van der Waals surface area (Å²) in [6.07, 6.45) is 1.53. The number of ether oxygens (including phenoxy) is 1. The number of methoxy groups -OCH3 is 1. The third-order valence-electron chi connectivity index (χ3n) is 2.48. The zero-order chi connectivity index (χ0) is 12.7. The zero-order valence-corrected chi connectivity index (χ0v) is 10.3. The first-order valence-corrected chi connectivity index (χ1v) is 5.70. The topological polar surface area (TPSA) is 65.3 Å². The van der Waals surface area contributed by atoms with Crippen LogP contribution in [0.1, 0.15) is 6.92 Å². The lowest BCUT2D eigenvalue weighted by atomic mass is 10.5. The maximum atomic E-state index is 11.8. The van der Waals surface area contributed by atoms with Crippen molar-refractivity contribution in [3.63, 3.8) is 0 Å². The van der Waals surface area contributed by atoms with Crippen molar-refractivity contribution in [3.05, 3.63) is 33.1 Å². The molecule has 0 aliphatic rings. The molecule has 1 aromatic rings. The molecular weight excluding hydrogens is 222 g/mol. The van der Waals surface area contributed by atoms with Gasteiger partial charge in [0.05, 0.1) is 6.61 Å². The van der Waals surface area contributed by atoms with Gasteiger partial charge in [0.15, 0.2) is 0 Å². The largest absolute Gasteiger partial charge is 0.383 e. The Kier molecular flexibility index (Phi) is 5.65. The van der Waals surface area contributed by atoms with Crippen LogP contribution < -0.4 is 16.6 Å². The molecular formula is C11H19N3O3. The van der Waals surface area contributed by atoms with Gasteiger partial charge >= 0.3 is 5.69 Å². The Hall–Kier alpha value is -1.40. The Morgan fingerprint density at radius 3 is 2.76 bits per heavy atom. The van der Waals surface area contributed by atoms with Gasteiger partial charge in [-0.05, 0) is 6.92 Å². The van der Waals surface area contributed by atoms with E-state index in [4.69, 9.17) is 4.74 Å². The second-order valence-corrected chi connectivity index (χ2v) is 3.62. The third-order valence-corrected chi connectivity index (χ3v) is 2.48. The van der Waals surface area contributed by atoms with Gasteiger partial charge in [0.1, 0.15) is 0 Å². The van der Waals surface area contributed by atoms with Gasteiger partial charge in [0, 0.05) is 45.6 Å². The fourth-order valence-corrected chi connectivity index (χ4v) is 1.49. The maximum Gasteiger partial charge on any atom is 0.330 e. The van der Waals surface area contributed by atoms with Gasteiger partial charge in [0.2, 0.25) is 0 Å². The molecule has 0 aliphatic carbocycles. The van der Waals surface area contributed by atoms with Crippen molar-refractivity contribution in [2.45, 2.75) is 20.0 Å². The van der Waals surface area contributed by atoms with E-state index in [-0.39, 0.29) is 11.2 Å². The van der Waals surface area contributed by atoms with Gasteiger partial charge in [0.25, 0.3) is 5.56 Å². The minimum atomic E-state index is -0.256. The Morgan fingerprint density at radius 1 is 1.35 bits per heavy atom. The average molecular weight is 241 g/mol. The summed E-state index contributed by atoms with van der Waals surface area (Å²) in [7, 11) is 1.63. The van der Waals surface area contributed by atoms with E-state index in [9.17, 15) is 9.59 Å². The summed E-state index contributed by atoms with van der Waals surface area (Å²) in [5, 5.41) is 3.09. The Bertz CT molecular complexity index is 450. The summed E-state index contributed by atoms with van der Waals surface area (Å²) in [6.45, 7) is 4.71. The Labute approximate surface area is 99.8 Å². The molecule has 17 heavy (non-hydrogen) atoms. The molecule has 1 heterocycles. The van der Waals surface area contributed by atoms with E-state index >= 15 is 0 Å². The summed E-state index contributed by atoms with van der Waals surface area (Å²) in [6, 6.07) is 1.42. The minimum Gasteiger partial charge on any atom is -0.383 e. The first kappa shape index (κ1) is 13.7. The summed E-state index contributed by atoms with van der Waals surface area (Å²) < 4.78 is 7.63. The third kappa shape index (κ3) is 3.83. The van der Waals surface area contributed by atoms with Gasteiger partial charge in [-0.3, -0.25) is 9.36 Å². The lowest BCUT2D eigenvalue weighted by Gasteiger charge is -2.08. The molecule has 0 fully saturated rings. The molecule has 96 valence electrons. The van der Waals surface area contributed by atoms with Crippen LogP contribution in [-0.4, -0.2) is 35.9 Å². The fraction of sp³-hybridized carbons (Fsp3) is 0.636. The zero-order valence-electron chi connectivity index (χ0n) is 10.3. The SMILES string of the molecule is CCn1ccc(=O)n(CCNCCOC)c1=O. The second kappa shape index (κ2) is 7.03. The molecule has 1 N–H and O–H groups in total. The lowest BCUT2D eigenvalue weighted by molar-refractivity contribution is 0.199. The van der Waals surface area contributed by atoms with Crippen LogP contribution in [0.4, 0.5) is 0 Å². The van der Waals surface area contributed by atoms with E-state index < -0.39 is 0 Å². The standard InChI is InChI=1S/C11H19N3O3/c1-3-13-7-4-10(15)14(11(13)16)8-5-12-6-9-17-2/h4,7,12H,3,5-6,8-9H2,1-2H3. The fourth-order valence-electron chi connectivity index (χ4n) is 1.49. The van der Waals surface area contributed by atoms with Crippen molar-refractivity contribution in [3.8, 4) is 0 Å². The summed E-state index contributed by atoms with van der Waals surface area (Å²) in [5.41, 5.74) is -0.512. The molecule has 0 bridgehead atoms. The van der Waals surface area contributed by atoms with E-state index in [0.29, 0.717) is 32.8 Å². The number of hydrogen-bond acceptors (Lipinski definition) is 4. The molecule has 0 aromatic carbocycles. The molecule has 0 spiro atoms. The Balaban J connectivity index is 2.64. The number of aryl methyl sites for hydroxylation is 1. The number of nitrogens with zero attached hydrogens (tertiary/aromatic N) is 2. The normalized spacial score (nSPS) is 10.7. The maximum absolute atomic E-state index is 11.8. The molecule has 0 atom stereocenters. The van der Waals surface area contributed by atoms with E-state index in [0.717, 1.165) is 0 Å². The highest BCUT2D eigenvalue weighted by molar-refractivity contribution is 4.86. The van der Waals surface area contributed by atoms with Crippen molar-refractivity contribution in [2.75, 3.05) is 26.8 Å². The van der Waals surface area contributed by atoms with Gasteiger partial charge in [-0.25, -0.2) is 4.79 Å². The number of aromatic nitrogens is 2. The molecule has 6 nitrogen and oxygen atoms in total. The summed E-state index contributed by atoms with van der Waals surface area (Å²) in [4.78, 5) is 23.3. The predicted molar refractivity (Wildman–Crippen MR) is 65.4 cm³/mol. The molecule has 0 amide bonds. The number of nitrogens with one attached hydrogen (secondary N) is 1. The van der Waals surface area contributed by atoms with Crippen molar-refractivity contribution in [1.29, 1.82) is 0 Å². The van der Waals surface area contributed by atoms with Crippen LogP contribution in [0.25, 0.3) is 0 Å².